The molecule has 3 aromatic carbocycles. The number of amides is 2. The molecule has 0 unspecified atom stereocenters. The first-order chi connectivity index (χ1) is 16.0. The Kier molecular flexibility index (Phi) is 7.47. The lowest BCUT2D eigenvalue weighted by Crippen LogP contribution is -2.37. The van der Waals surface area contributed by atoms with Crippen LogP contribution < -0.4 is 10.6 Å². The van der Waals surface area contributed by atoms with Crippen molar-refractivity contribution >= 4 is 29.3 Å². The van der Waals surface area contributed by atoms with Crippen molar-refractivity contribution < 1.29 is 9.59 Å². The van der Waals surface area contributed by atoms with E-state index in [0.29, 0.717) is 17.8 Å². The minimum Gasteiger partial charge on any atom is -0.351 e. The highest BCUT2D eigenvalue weighted by molar-refractivity contribution is 7.99. The van der Waals surface area contributed by atoms with Crippen LogP contribution in [0.15, 0.2) is 76.5 Å². The molecule has 0 fully saturated rings. The lowest BCUT2D eigenvalue weighted by Gasteiger charge is -2.28. The van der Waals surface area contributed by atoms with Gasteiger partial charge in [-0.2, -0.15) is 0 Å². The van der Waals surface area contributed by atoms with E-state index in [1.165, 1.54) is 23.6 Å². The summed E-state index contributed by atoms with van der Waals surface area (Å²) in [6.07, 6.45) is 1.05. The maximum atomic E-state index is 12.8. The highest BCUT2D eigenvalue weighted by Gasteiger charge is 2.16. The Labute approximate surface area is 199 Å². The minimum atomic E-state index is -0.163. The third-order valence-corrected chi connectivity index (χ3v) is 6.81. The minimum absolute atomic E-state index is 0.133. The highest BCUT2D eigenvalue weighted by atomic mass is 32.2. The first kappa shape index (κ1) is 23.1. The van der Waals surface area contributed by atoms with Gasteiger partial charge in [0.2, 0.25) is 5.91 Å². The number of carbonyl (C=O) groups is 2. The number of nitrogens with zero attached hydrogens (tertiary/aromatic N) is 1. The smallest absolute Gasteiger partial charge is 0.251 e. The number of nitrogens with one attached hydrogen (secondary N) is 2. The average molecular weight is 460 g/mol. The first-order valence-electron chi connectivity index (χ1n) is 11.2. The molecule has 3 aromatic rings. The zero-order chi connectivity index (χ0) is 23.2. The van der Waals surface area contributed by atoms with E-state index in [4.69, 9.17) is 0 Å². The molecule has 0 aromatic heterocycles. The fourth-order valence-electron chi connectivity index (χ4n) is 3.96. The van der Waals surface area contributed by atoms with Gasteiger partial charge in [-0.1, -0.05) is 53.7 Å². The predicted octanol–water partition coefficient (Wildman–Crippen LogP) is 4.89. The summed E-state index contributed by atoms with van der Waals surface area (Å²) in [5, 5.41) is 5.90. The molecule has 170 valence electrons. The van der Waals surface area contributed by atoms with Gasteiger partial charge in [0.05, 0.1) is 5.69 Å². The zero-order valence-electron chi connectivity index (χ0n) is 19.1. The van der Waals surface area contributed by atoms with Crippen LogP contribution in [0.4, 0.5) is 5.69 Å². The second kappa shape index (κ2) is 10.7. The molecular formula is C27H29N3O2S. The average Bonchev–Trinajstić information content (AvgIpc) is 2.81. The maximum absolute atomic E-state index is 12.8. The Bertz CT molecular complexity index is 1140. The van der Waals surface area contributed by atoms with Gasteiger partial charge in [-0.05, 0) is 54.8 Å². The summed E-state index contributed by atoms with van der Waals surface area (Å²) in [7, 11) is 0. The van der Waals surface area contributed by atoms with Crippen molar-refractivity contribution in [2.75, 3.05) is 25.0 Å². The summed E-state index contributed by atoms with van der Waals surface area (Å²) in [6.45, 7) is 6.84. The van der Waals surface area contributed by atoms with E-state index >= 15 is 0 Å². The highest BCUT2D eigenvalue weighted by Crippen LogP contribution is 2.34. The second-order valence-electron chi connectivity index (χ2n) is 8.36. The van der Waals surface area contributed by atoms with Gasteiger partial charge in [0, 0.05) is 48.5 Å². The third-order valence-electron chi connectivity index (χ3n) is 5.72. The Morgan fingerprint density at radius 1 is 1.00 bits per heavy atom. The summed E-state index contributed by atoms with van der Waals surface area (Å²) < 4.78 is 0. The Balaban J connectivity index is 1.37. The number of hydrogen-bond acceptors (Lipinski definition) is 4. The molecule has 0 radical (unpaired) electrons. The topological polar surface area (TPSA) is 61.4 Å². The van der Waals surface area contributed by atoms with E-state index in [0.717, 1.165) is 35.8 Å². The van der Waals surface area contributed by atoms with Gasteiger partial charge in [-0.15, -0.1) is 0 Å². The van der Waals surface area contributed by atoms with Crippen LogP contribution in [0.25, 0.3) is 0 Å². The fourth-order valence-corrected chi connectivity index (χ4v) is 4.84. The zero-order valence-corrected chi connectivity index (χ0v) is 19.9. The molecule has 0 atom stereocenters. The molecule has 2 amide bonds. The number of rotatable bonds is 7. The van der Waals surface area contributed by atoms with Gasteiger partial charge in [0.25, 0.3) is 5.91 Å². The van der Waals surface area contributed by atoms with Crippen LogP contribution in [0.1, 0.15) is 34.0 Å². The molecular weight excluding hydrogens is 430 g/mol. The van der Waals surface area contributed by atoms with Crippen LogP contribution >= 0.6 is 11.8 Å². The van der Waals surface area contributed by atoms with Crippen LogP contribution in [0.5, 0.6) is 0 Å². The van der Waals surface area contributed by atoms with Gasteiger partial charge in [-0.25, -0.2) is 0 Å². The molecule has 4 rings (SSSR count). The van der Waals surface area contributed by atoms with Crippen LogP contribution in [0, 0.1) is 6.92 Å². The van der Waals surface area contributed by atoms with E-state index in [1.54, 1.807) is 17.8 Å². The Morgan fingerprint density at radius 2 is 1.76 bits per heavy atom. The van der Waals surface area contributed by atoms with E-state index < -0.39 is 0 Å². The number of hydrogen-bond donors (Lipinski definition) is 2. The van der Waals surface area contributed by atoms with Crippen molar-refractivity contribution in [2.24, 2.45) is 0 Å². The lowest BCUT2D eigenvalue weighted by atomic mass is 10.00. The number of anilines is 1. The van der Waals surface area contributed by atoms with Crippen molar-refractivity contribution in [3.63, 3.8) is 0 Å². The van der Waals surface area contributed by atoms with E-state index in [9.17, 15) is 9.59 Å². The number of carbonyl (C=O) groups excluding carboxylic acids is 2. The molecule has 0 saturated heterocycles. The summed E-state index contributed by atoms with van der Waals surface area (Å²) in [6, 6.07) is 22.2. The van der Waals surface area contributed by atoms with E-state index in [2.05, 4.69) is 71.0 Å². The summed E-state index contributed by atoms with van der Waals surface area (Å²) >= 11 is 1.56. The molecule has 0 saturated carbocycles. The fraction of sp³-hybridized carbons (Fsp3) is 0.259. The second-order valence-corrected chi connectivity index (χ2v) is 9.47. The summed E-state index contributed by atoms with van der Waals surface area (Å²) in [5.74, 6) is -0.297. The molecule has 0 aliphatic carbocycles. The Hall–Kier alpha value is -3.09. The molecule has 6 heteroatoms. The lowest BCUT2D eigenvalue weighted by molar-refractivity contribution is -0.114. The normalized spacial score (nSPS) is 13.3. The molecule has 1 heterocycles. The standard InChI is InChI=1S/C27H29N3O2S/c1-19-7-10-24(11-8-19)33-26-12-9-22(17-25(26)29-20(2)31)27(32)28-14-16-30-15-13-21-5-3-4-6-23(21)18-30/h3-12,17H,13-16,18H2,1-2H3,(H,28,32)(H,29,31). The van der Waals surface area contributed by atoms with Crippen LogP contribution in [0.2, 0.25) is 0 Å². The van der Waals surface area contributed by atoms with Crippen LogP contribution in [-0.4, -0.2) is 36.3 Å². The maximum Gasteiger partial charge on any atom is 0.251 e. The third kappa shape index (κ3) is 6.24. The summed E-state index contributed by atoms with van der Waals surface area (Å²) in [4.78, 5) is 28.9. The van der Waals surface area contributed by atoms with E-state index in [-0.39, 0.29) is 11.8 Å². The molecule has 1 aliphatic heterocycles. The molecule has 1 aliphatic rings. The largest absolute Gasteiger partial charge is 0.351 e. The van der Waals surface area contributed by atoms with Crippen molar-refractivity contribution in [1.29, 1.82) is 0 Å². The van der Waals surface area contributed by atoms with Crippen molar-refractivity contribution in [1.82, 2.24) is 10.2 Å². The van der Waals surface area contributed by atoms with Gasteiger partial charge in [0.15, 0.2) is 0 Å². The molecule has 0 spiro atoms. The monoisotopic (exact) mass is 459 g/mol. The van der Waals surface area contributed by atoms with Crippen molar-refractivity contribution in [2.45, 2.75) is 36.6 Å². The quantitative estimate of drug-likeness (QED) is 0.528. The molecule has 5 nitrogen and oxygen atoms in total. The van der Waals surface area contributed by atoms with Crippen LogP contribution in [-0.2, 0) is 17.8 Å². The van der Waals surface area contributed by atoms with Gasteiger partial charge >= 0.3 is 0 Å². The predicted molar refractivity (Wildman–Crippen MR) is 134 cm³/mol. The van der Waals surface area contributed by atoms with Gasteiger partial charge in [0.1, 0.15) is 0 Å². The van der Waals surface area contributed by atoms with E-state index in [1.807, 2.05) is 12.1 Å². The molecule has 2 N–H and O–H groups in total. The summed E-state index contributed by atoms with van der Waals surface area (Å²) in [5.41, 5.74) is 5.18. The number of aryl methyl sites for hydroxylation is 1. The van der Waals surface area contributed by atoms with Gasteiger partial charge < -0.3 is 10.6 Å². The number of fused-ring (bicyclic) bond motifs is 1. The molecule has 33 heavy (non-hydrogen) atoms. The molecule has 0 bridgehead atoms. The van der Waals surface area contributed by atoms with Crippen molar-refractivity contribution in [3.8, 4) is 0 Å². The first-order valence-corrected chi connectivity index (χ1v) is 12.0. The SMILES string of the molecule is CC(=O)Nc1cc(C(=O)NCCN2CCc3ccccc3C2)ccc1Sc1ccc(C)cc1. The van der Waals surface area contributed by atoms with Crippen LogP contribution in [0.3, 0.4) is 0 Å². The van der Waals surface area contributed by atoms with Gasteiger partial charge in [-0.3, -0.25) is 14.5 Å². The Morgan fingerprint density at radius 3 is 2.52 bits per heavy atom. The number of benzene rings is 3. The van der Waals surface area contributed by atoms with Crippen molar-refractivity contribution in [3.05, 3.63) is 89.0 Å².